The molecule has 3 N–H and O–H groups in total. The lowest BCUT2D eigenvalue weighted by molar-refractivity contribution is 0.226. The van der Waals surface area contributed by atoms with Gasteiger partial charge in [-0.15, -0.1) is 0 Å². The predicted molar refractivity (Wildman–Crippen MR) is 77.6 cm³/mol. The minimum atomic E-state index is -0.150. The lowest BCUT2D eigenvalue weighted by atomic mass is 9.97. The van der Waals surface area contributed by atoms with Crippen molar-refractivity contribution in [3.8, 4) is 0 Å². The third kappa shape index (κ3) is 2.81. The van der Waals surface area contributed by atoms with E-state index in [0.29, 0.717) is 0 Å². The number of nitrogens with zero attached hydrogens (tertiary/aromatic N) is 1. The van der Waals surface area contributed by atoms with Crippen LogP contribution in [0.4, 0.5) is 5.69 Å². The van der Waals surface area contributed by atoms with Gasteiger partial charge < -0.3 is 20.2 Å². The number of hydrogen-bond acceptors (Lipinski definition) is 3. The van der Waals surface area contributed by atoms with Crippen molar-refractivity contribution in [1.29, 1.82) is 0 Å². The summed E-state index contributed by atoms with van der Waals surface area (Å²) in [6.07, 6.45) is 2.51. The van der Waals surface area contributed by atoms with Gasteiger partial charge >= 0.3 is 5.69 Å². The van der Waals surface area contributed by atoms with Crippen molar-refractivity contribution < 1.29 is 0 Å². The zero-order valence-electron chi connectivity index (χ0n) is 11.2. The van der Waals surface area contributed by atoms with Crippen LogP contribution in [0.3, 0.4) is 0 Å². The Morgan fingerprint density at radius 3 is 2.79 bits per heavy atom. The Bertz CT molecular complexity index is 607. The Hall–Kier alpha value is -1.75. The molecule has 3 rings (SSSR count). The molecule has 0 radical (unpaired) electrons. The number of piperidine rings is 1. The number of H-pyrrole nitrogens is 2. The molecule has 0 amide bonds. The van der Waals surface area contributed by atoms with Crippen molar-refractivity contribution in [3.63, 3.8) is 0 Å². The standard InChI is InChI=1S/C14H20N4O/c1-18-6-4-10(5-7-18)9-15-11-2-3-12-13(8-11)17-14(19)16-12/h2-3,8,10,15H,4-7,9H2,1H3,(H2,16,17,19). The van der Waals surface area contributed by atoms with Crippen molar-refractivity contribution in [2.45, 2.75) is 12.8 Å². The van der Waals surface area contributed by atoms with E-state index in [0.717, 1.165) is 29.2 Å². The molecule has 2 aromatic rings. The summed E-state index contributed by atoms with van der Waals surface area (Å²) >= 11 is 0. The smallest absolute Gasteiger partial charge is 0.323 e. The number of fused-ring (bicyclic) bond motifs is 1. The molecule has 5 nitrogen and oxygen atoms in total. The van der Waals surface area contributed by atoms with E-state index in [2.05, 4.69) is 27.2 Å². The van der Waals surface area contributed by atoms with Gasteiger partial charge in [0.1, 0.15) is 0 Å². The van der Waals surface area contributed by atoms with Gasteiger partial charge in [0, 0.05) is 12.2 Å². The van der Waals surface area contributed by atoms with Crippen LogP contribution in [-0.4, -0.2) is 41.5 Å². The van der Waals surface area contributed by atoms with Gasteiger partial charge in [0.25, 0.3) is 0 Å². The van der Waals surface area contributed by atoms with E-state index in [1.807, 2.05) is 18.2 Å². The van der Waals surface area contributed by atoms with Crippen LogP contribution in [0.1, 0.15) is 12.8 Å². The fourth-order valence-electron chi connectivity index (χ4n) is 2.67. The summed E-state index contributed by atoms with van der Waals surface area (Å²) in [7, 11) is 2.18. The highest BCUT2D eigenvalue weighted by Crippen LogP contribution is 2.19. The summed E-state index contributed by atoms with van der Waals surface area (Å²) in [6, 6.07) is 5.94. The van der Waals surface area contributed by atoms with E-state index in [1.54, 1.807) is 0 Å². The van der Waals surface area contributed by atoms with Crippen molar-refractivity contribution in [1.82, 2.24) is 14.9 Å². The third-order valence-electron chi connectivity index (χ3n) is 3.95. The molecule has 1 aliphatic rings. The van der Waals surface area contributed by atoms with E-state index < -0.39 is 0 Å². The Morgan fingerprint density at radius 1 is 1.26 bits per heavy atom. The topological polar surface area (TPSA) is 63.9 Å². The van der Waals surface area contributed by atoms with E-state index >= 15 is 0 Å². The summed E-state index contributed by atoms with van der Waals surface area (Å²) in [5, 5.41) is 3.48. The number of aromatic nitrogens is 2. The second-order valence-electron chi connectivity index (χ2n) is 5.47. The van der Waals surface area contributed by atoms with Crippen molar-refractivity contribution >= 4 is 16.7 Å². The molecule has 1 saturated heterocycles. The number of aromatic amines is 2. The van der Waals surface area contributed by atoms with Gasteiger partial charge in [0.15, 0.2) is 0 Å². The summed E-state index contributed by atoms with van der Waals surface area (Å²) < 4.78 is 0. The molecule has 1 aromatic carbocycles. The lowest BCUT2D eigenvalue weighted by Crippen LogP contribution is -2.32. The average molecular weight is 260 g/mol. The Labute approximate surface area is 112 Å². The molecule has 0 aliphatic carbocycles. The van der Waals surface area contributed by atoms with E-state index in [-0.39, 0.29) is 5.69 Å². The third-order valence-corrected chi connectivity index (χ3v) is 3.95. The van der Waals surface area contributed by atoms with Crippen molar-refractivity contribution in [3.05, 3.63) is 28.7 Å². The molecule has 1 fully saturated rings. The fraction of sp³-hybridized carbons (Fsp3) is 0.500. The van der Waals surface area contributed by atoms with Gasteiger partial charge in [-0.25, -0.2) is 4.79 Å². The Kier molecular flexibility index (Phi) is 3.29. The zero-order chi connectivity index (χ0) is 13.2. The van der Waals surface area contributed by atoms with E-state index in [9.17, 15) is 4.79 Å². The molecule has 0 atom stereocenters. The van der Waals surface area contributed by atoms with Crippen LogP contribution in [0.2, 0.25) is 0 Å². The summed E-state index contributed by atoms with van der Waals surface area (Å²) in [4.78, 5) is 19.1. The van der Waals surface area contributed by atoms with E-state index in [4.69, 9.17) is 0 Å². The number of anilines is 1. The predicted octanol–water partition coefficient (Wildman–Crippen LogP) is 1.61. The van der Waals surface area contributed by atoms with Crippen LogP contribution in [0.5, 0.6) is 0 Å². The average Bonchev–Trinajstić information content (AvgIpc) is 2.77. The minimum absolute atomic E-state index is 0.150. The molecule has 5 heteroatoms. The Morgan fingerprint density at radius 2 is 2.00 bits per heavy atom. The van der Waals surface area contributed by atoms with Crippen LogP contribution >= 0.6 is 0 Å². The molecule has 2 heterocycles. The molecule has 19 heavy (non-hydrogen) atoms. The SMILES string of the molecule is CN1CCC(CNc2ccc3[nH]c(=O)[nH]c3c2)CC1. The molecule has 0 spiro atoms. The number of likely N-dealkylation sites (tertiary alicyclic amines) is 1. The summed E-state index contributed by atoms with van der Waals surface area (Å²) in [5.74, 6) is 0.747. The van der Waals surface area contributed by atoms with Crippen LogP contribution in [0, 0.1) is 5.92 Å². The molecule has 0 saturated carbocycles. The largest absolute Gasteiger partial charge is 0.385 e. The van der Waals surface area contributed by atoms with Gasteiger partial charge in [-0.2, -0.15) is 0 Å². The van der Waals surface area contributed by atoms with Gasteiger partial charge in [-0.1, -0.05) is 0 Å². The zero-order valence-corrected chi connectivity index (χ0v) is 11.2. The highest BCUT2D eigenvalue weighted by atomic mass is 16.1. The molecule has 0 unspecified atom stereocenters. The van der Waals surface area contributed by atoms with Crippen LogP contribution in [0.25, 0.3) is 11.0 Å². The van der Waals surface area contributed by atoms with Gasteiger partial charge in [-0.05, 0) is 57.1 Å². The first-order valence-electron chi connectivity index (χ1n) is 6.85. The first-order valence-corrected chi connectivity index (χ1v) is 6.85. The highest BCUT2D eigenvalue weighted by Gasteiger charge is 2.16. The van der Waals surface area contributed by atoms with Crippen LogP contribution in [0.15, 0.2) is 23.0 Å². The first-order chi connectivity index (χ1) is 9.20. The number of benzene rings is 1. The van der Waals surface area contributed by atoms with Crippen molar-refractivity contribution in [2.75, 3.05) is 32.0 Å². The van der Waals surface area contributed by atoms with Gasteiger partial charge in [0.05, 0.1) is 11.0 Å². The summed E-state index contributed by atoms with van der Waals surface area (Å²) in [5.41, 5.74) is 2.64. The molecular weight excluding hydrogens is 240 g/mol. The number of nitrogens with one attached hydrogen (secondary N) is 3. The second kappa shape index (κ2) is 5.09. The molecule has 1 aromatic heterocycles. The molecule has 102 valence electrons. The van der Waals surface area contributed by atoms with Crippen LogP contribution in [-0.2, 0) is 0 Å². The van der Waals surface area contributed by atoms with Crippen molar-refractivity contribution in [2.24, 2.45) is 5.92 Å². The maximum Gasteiger partial charge on any atom is 0.323 e. The number of rotatable bonds is 3. The molecular formula is C14H20N4O. The Balaban J connectivity index is 1.63. The quantitative estimate of drug-likeness (QED) is 0.785. The van der Waals surface area contributed by atoms with Crippen LogP contribution < -0.4 is 11.0 Å². The monoisotopic (exact) mass is 260 g/mol. The minimum Gasteiger partial charge on any atom is -0.385 e. The summed E-state index contributed by atoms with van der Waals surface area (Å²) in [6.45, 7) is 3.39. The maximum absolute atomic E-state index is 11.2. The fourth-order valence-corrected chi connectivity index (χ4v) is 2.67. The second-order valence-corrected chi connectivity index (χ2v) is 5.47. The van der Waals surface area contributed by atoms with Gasteiger partial charge in [0.2, 0.25) is 0 Å². The lowest BCUT2D eigenvalue weighted by Gasteiger charge is -2.29. The highest BCUT2D eigenvalue weighted by molar-refractivity contribution is 5.78. The van der Waals surface area contributed by atoms with Gasteiger partial charge in [-0.3, -0.25) is 0 Å². The maximum atomic E-state index is 11.2. The normalized spacial score (nSPS) is 17.9. The molecule has 1 aliphatic heterocycles. The first kappa shape index (κ1) is 12.3. The molecule has 0 bridgehead atoms. The van der Waals surface area contributed by atoms with E-state index in [1.165, 1.54) is 25.9 Å². The number of hydrogen-bond donors (Lipinski definition) is 3. The number of imidazole rings is 1.